The highest BCUT2D eigenvalue weighted by Gasteiger charge is 2.24. The van der Waals surface area contributed by atoms with Gasteiger partial charge in [-0.25, -0.2) is 21.5 Å². The average molecular weight is 468 g/mol. The molecule has 0 aliphatic carbocycles. The van der Waals surface area contributed by atoms with Crippen molar-refractivity contribution in [2.45, 2.75) is 25.3 Å². The number of allylic oxidation sites excluding steroid dienone is 1. The van der Waals surface area contributed by atoms with Crippen LogP contribution in [0.2, 0.25) is 5.02 Å². The van der Waals surface area contributed by atoms with Crippen molar-refractivity contribution in [1.29, 1.82) is 0 Å². The number of hydrogen-bond donors (Lipinski definition) is 1. The van der Waals surface area contributed by atoms with Gasteiger partial charge in [0.05, 0.1) is 17.0 Å². The summed E-state index contributed by atoms with van der Waals surface area (Å²) in [5, 5.41) is 0.668. The van der Waals surface area contributed by atoms with Crippen LogP contribution in [0, 0.1) is 19.7 Å². The van der Waals surface area contributed by atoms with Crippen LogP contribution in [0.3, 0.4) is 0 Å². The molecule has 0 fully saturated rings. The Hall–Kier alpha value is -2.26. The number of halogens is 3. The predicted molar refractivity (Wildman–Crippen MR) is 121 cm³/mol. The number of nitrogens with two attached hydrogens (primary N) is 1. The summed E-state index contributed by atoms with van der Waals surface area (Å²) in [7, 11) is -0.779. The van der Waals surface area contributed by atoms with Gasteiger partial charge in [-0.2, -0.15) is 0 Å². The van der Waals surface area contributed by atoms with Gasteiger partial charge in [-0.15, -0.1) is 0 Å². The highest BCUT2D eigenvalue weighted by atomic mass is 35.5. The van der Waals surface area contributed by atoms with E-state index in [0.717, 1.165) is 9.87 Å². The van der Waals surface area contributed by atoms with Crippen molar-refractivity contribution >= 4 is 32.5 Å². The number of aryl methyl sites for hydroxylation is 1. The molecular formula is C22H24ClF2N3O2S. The van der Waals surface area contributed by atoms with E-state index in [1.165, 1.54) is 36.9 Å². The minimum atomic E-state index is -3.68. The third-order valence-corrected chi connectivity index (χ3v) is 7.27. The molecule has 2 aromatic carbocycles. The SMILES string of the molecule is Cc1ccc(S(=O)(=O)N(C)C)cc1-c1c(C)n(C/C(F)=C/CN)c2c(F)cc(Cl)cc12. The maximum Gasteiger partial charge on any atom is 0.242 e. The summed E-state index contributed by atoms with van der Waals surface area (Å²) in [5.41, 5.74) is 8.18. The van der Waals surface area contributed by atoms with E-state index in [0.29, 0.717) is 22.2 Å². The molecule has 0 amide bonds. The van der Waals surface area contributed by atoms with Crippen LogP contribution >= 0.6 is 11.6 Å². The minimum Gasteiger partial charge on any atom is -0.335 e. The van der Waals surface area contributed by atoms with Crippen molar-refractivity contribution in [1.82, 2.24) is 8.87 Å². The van der Waals surface area contributed by atoms with E-state index in [9.17, 15) is 17.2 Å². The minimum absolute atomic E-state index is 0.0226. The molecule has 0 aliphatic rings. The lowest BCUT2D eigenvalue weighted by Gasteiger charge is -2.14. The highest BCUT2D eigenvalue weighted by Crippen LogP contribution is 2.40. The quantitative estimate of drug-likeness (QED) is 0.567. The molecular weight excluding hydrogens is 444 g/mol. The molecule has 1 aromatic heterocycles. The van der Waals surface area contributed by atoms with Gasteiger partial charge >= 0.3 is 0 Å². The normalized spacial score (nSPS) is 12.9. The standard InChI is InChI=1S/C22H24ClF2N3O2S/c1-13-5-6-17(31(29,30)27(3)4)11-18(13)21-14(2)28(12-16(24)7-8-26)22-19(21)9-15(23)10-20(22)25/h5-7,9-11H,8,12,26H2,1-4H3/b16-7-. The van der Waals surface area contributed by atoms with Crippen LogP contribution in [0.1, 0.15) is 11.3 Å². The summed E-state index contributed by atoms with van der Waals surface area (Å²) in [6.07, 6.45) is 1.23. The summed E-state index contributed by atoms with van der Waals surface area (Å²) in [5.74, 6) is -1.09. The molecule has 31 heavy (non-hydrogen) atoms. The predicted octanol–water partition coefficient (Wildman–Crippen LogP) is 4.78. The lowest BCUT2D eigenvalue weighted by Crippen LogP contribution is -2.22. The van der Waals surface area contributed by atoms with E-state index in [-0.39, 0.29) is 28.5 Å². The molecule has 3 rings (SSSR count). The maximum absolute atomic E-state index is 15.0. The Morgan fingerprint density at radius 1 is 1.23 bits per heavy atom. The number of aromatic nitrogens is 1. The molecule has 0 aliphatic heterocycles. The van der Waals surface area contributed by atoms with Crippen LogP contribution in [-0.4, -0.2) is 37.9 Å². The zero-order valence-electron chi connectivity index (χ0n) is 17.7. The van der Waals surface area contributed by atoms with Crippen molar-refractivity contribution in [3.05, 3.63) is 64.3 Å². The first-order chi connectivity index (χ1) is 14.5. The van der Waals surface area contributed by atoms with E-state index < -0.39 is 21.7 Å². The summed E-state index contributed by atoms with van der Waals surface area (Å²) in [6, 6.07) is 7.57. The molecule has 0 unspecified atom stereocenters. The van der Waals surface area contributed by atoms with Crippen molar-refractivity contribution in [3.8, 4) is 11.1 Å². The first-order valence-electron chi connectivity index (χ1n) is 9.55. The van der Waals surface area contributed by atoms with E-state index in [1.807, 2.05) is 6.92 Å². The fourth-order valence-corrected chi connectivity index (χ4v) is 4.78. The fourth-order valence-electron chi connectivity index (χ4n) is 3.65. The smallest absolute Gasteiger partial charge is 0.242 e. The second-order valence-electron chi connectivity index (χ2n) is 7.48. The summed E-state index contributed by atoms with van der Waals surface area (Å²) < 4.78 is 57.3. The zero-order chi connectivity index (χ0) is 23.1. The van der Waals surface area contributed by atoms with Gasteiger partial charge in [0.1, 0.15) is 11.6 Å². The third-order valence-electron chi connectivity index (χ3n) is 5.24. The topological polar surface area (TPSA) is 68.3 Å². The lowest BCUT2D eigenvalue weighted by molar-refractivity contribution is 0.521. The van der Waals surface area contributed by atoms with Crippen LogP contribution in [-0.2, 0) is 16.6 Å². The molecule has 0 atom stereocenters. The fraction of sp³-hybridized carbons (Fsp3) is 0.273. The van der Waals surface area contributed by atoms with Crippen LogP contribution in [0.5, 0.6) is 0 Å². The first-order valence-corrected chi connectivity index (χ1v) is 11.4. The number of hydrogen-bond acceptors (Lipinski definition) is 3. The molecule has 5 nitrogen and oxygen atoms in total. The molecule has 0 spiro atoms. The van der Waals surface area contributed by atoms with Crippen molar-refractivity contribution < 1.29 is 17.2 Å². The largest absolute Gasteiger partial charge is 0.335 e. The van der Waals surface area contributed by atoms with Gasteiger partial charge in [0.25, 0.3) is 0 Å². The molecule has 166 valence electrons. The van der Waals surface area contributed by atoms with Gasteiger partial charge in [0, 0.05) is 42.3 Å². The maximum atomic E-state index is 15.0. The second-order valence-corrected chi connectivity index (χ2v) is 10.1. The number of benzene rings is 2. The Morgan fingerprint density at radius 3 is 2.52 bits per heavy atom. The lowest BCUT2D eigenvalue weighted by atomic mass is 9.98. The molecule has 0 saturated heterocycles. The summed E-state index contributed by atoms with van der Waals surface area (Å²) in [4.78, 5) is 0.107. The Labute approximate surface area is 185 Å². The van der Waals surface area contributed by atoms with Gasteiger partial charge < -0.3 is 10.3 Å². The Bertz CT molecular complexity index is 1300. The van der Waals surface area contributed by atoms with E-state index in [4.69, 9.17) is 17.3 Å². The van der Waals surface area contributed by atoms with Crippen LogP contribution in [0.15, 0.2) is 47.1 Å². The van der Waals surface area contributed by atoms with Gasteiger partial charge in [-0.1, -0.05) is 17.7 Å². The molecule has 0 radical (unpaired) electrons. The molecule has 1 heterocycles. The second kappa shape index (κ2) is 8.70. The van der Waals surface area contributed by atoms with Crippen LogP contribution < -0.4 is 5.73 Å². The van der Waals surface area contributed by atoms with Gasteiger partial charge in [-0.3, -0.25) is 0 Å². The van der Waals surface area contributed by atoms with E-state index in [1.54, 1.807) is 25.1 Å². The van der Waals surface area contributed by atoms with Gasteiger partial charge in [0.15, 0.2) is 0 Å². The zero-order valence-corrected chi connectivity index (χ0v) is 19.3. The highest BCUT2D eigenvalue weighted by molar-refractivity contribution is 7.89. The third kappa shape index (κ3) is 4.25. The number of nitrogens with zero attached hydrogens (tertiary/aromatic N) is 2. The number of sulfonamides is 1. The van der Waals surface area contributed by atoms with Crippen molar-refractivity contribution in [3.63, 3.8) is 0 Å². The Balaban J connectivity index is 2.39. The van der Waals surface area contributed by atoms with E-state index in [2.05, 4.69) is 0 Å². The van der Waals surface area contributed by atoms with Crippen LogP contribution in [0.4, 0.5) is 8.78 Å². The molecule has 0 saturated carbocycles. The Kier molecular flexibility index (Phi) is 6.57. The summed E-state index contributed by atoms with van der Waals surface area (Å²) in [6.45, 7) is 3.40. The van der Waals surface area contributed by atoms with Crippen molar-refractivity contribution in [2.24, 2.45) is 5.73 Å². The molecule has 0 bridgehead atoms. The molecule has 3 aromatic rings. The number of rotatable bonds is 6. The first kappa shape index (κ1) is 23.4. The molecule has 2 N–H and O–H groups in total. The molecule has 9 heteroatoms. The van der Waals surface area contributed by atoms with Gasteiger partial charge in [0.2, 0.25) is 10.0 Å². The van der Waals surface area contributed by atoms with E-state index >= 15 is 0 Å². The number of fused-ring (bicyclic) bond motifs is 1. The van der Waals surface area contributed by atoms with Crippen LogP contribution in [0.25, 0.3) is 22.0 Å². The Morgan fingerprint density at radius 2 is 1.90 bits per heavy atom. The van der Waals surface area contributed by atoms with Crippen molar-refractivity contribution in [2.75, 3.05) is 20.6 Å². The summed E-state index contributed by atoms with van der Waals surface area (Å²) >= 11 is 6.13. The monoisotopic (exact) mass is 467 g/mol. The van der Waals surface area contributed by atoms with Gasteiger partial charge in [-0.05, 0) is 55.3 Å². The average Bonchev–Trinajstić information content (AvgIpc) is 2.93.